The summed E-state index contributed by atoms with van der Waals surface area (Å²) in [5.74, 6) is -1.81. The van der Waals surface area contributed by atoms with Crippen molar-refractivity contribution < 1.29 is 18.3 Å². The van der Waals surface area contributed by atoms with Crippen molar-refractivity contribution in [3.05, 3.63) is 11.9 Å². The monoisotopic (exact) mass is 276 g/mol. The smallest absolute Gasteiger partial charge is 0.366 e. The maximum absolute atomic E-state index is 13.4. The van der Waals surface area contributed by atoms with E-state index in [1.54, 1.807) is 13.8 Å². The van der Waals surface area contributed by atoms with Gasteiger partial charge in [-0.25, -0.2) is 4.79 Å². The molecular formula is C13H25FO3Si. The standard InChI is InChI=1S/C13H25FO3Si/c1-8-16-12(15)11(14)9-10(2)17-18(6,7)13(3,4)5/h9-10H,8H2,1-7H3/b11-9-/t10-/m0/s1. The Kier molecular flexibility index (Phi) is 6.23. The summed E-state index contributed by atoms with van der Waals surface area (Å²) >= 11 is 0. The van der Waals surface area contributed by atoms with Gasteiger partial charge in [0, 0.05) is 0 Å². The van der Waals surface area contributed by atoms with Crippen LogP contribution in [0.5, 0.6) is 0 Å². The van der Waals surface area contributed by atoms with Crippen molar-refractivity contribution in [3.8, 4) is 0 Å². The highest BCUT2D eigenvalue weighted by Crippen LogP contribution is 2.37. The van der Waals surface area contributed by atoms with Crippen molar-refractivity contribution in [2.24, 2.45) is 0 Å². The molecule has 0 aliphatic rings. The molecule has 0 saturated carbocycles. The first-order valence-corrected chi connectivity index (χ1v) is 9.14. The molecule has 0 aromatic rings. The molecule has 0 aromatic heterocycles. The van der Waals surface area contributed by atoms with Crippen molar-refractivity contribution in [3.63, 3.8) is 0 Å². The van der Waals surface area contributed by atoms with E-state index >= 15 is 0 Å². The van der Waals surface area contributed by atoms with Gasteiger partial charge in [0.25, 0.3) is 0 Å². The van der Waals surface area contributed by atoms with Gasteiger partial charge in [-0.15, -0.1) is 0 Å². The third-order valence-corrected chi connectivity index (χ3v) is 7.71. The van der Waals surface area contributed by atoms with Crippen LogP contribution in [0, 0.1) is 0 Å². The Labute approximate surface area is 110 Å². The summed E-state index contributed by atoms with van der Waals surface area (Å²) in [6.07, 6.45) is 0.744. The fraction of sp³-hybridized carbons (Fsp3) is 0.769. The zero-order valence-corrected chi connectivity index (χ0v) is 13.5. The van der Waals surface area contributed by atoms with Crippen LogP contribution in [-0.4, -0.2) is 27.0 Å². The van der Waals surface area contributed by atoms with Crippen LogP contribution < -0.4 is 0 Å². The van der Waals surface area contributed by atoms with Crippen molar-refractivity contribution in [2.45, 2.75) is 58.9 Å². The third-order valence-electron chi connectivity index (χ3n) is 3.14. The number of hydrogen-bond donors (Lipinski definition) is 0. The molecule has 0 spiro atoms. The van der Waals surface area contributed by atoms with E-state index in [1.165, 1.54) is 6.08 Å². The lowest BCUT2D eigenvalue weighted by molar-refractivity contribution is -0.140. The van der Waals surface area contributed by atoms with Gasteiger partial charge in [-0.3, -0.25) is 0 Å². The van der Waals surface area contributed by atoms with Gasteiger partial charge in [0.15, 0.2) is 8.32 Å². The Bertz CT molecular complexity index is 319. The number of carbonyl (C=O) groups excluding carboxylic acids is 1. The molecule has 0 rings (SSSR count). The van der Waals surface area contributed by atoms with Gasteiger partial charge in [0.1, 0.15) is 0 Å². The van der Waals surface area contributed by atoms with E-state index in [9.17, 15) is 9.18 Å². The SMILES string of the molecule is CCOC(=O)/C(F)=C/[C@H](C)O[Si](C)(C)C(C)(C)C. The minimum Gasteiger partial charge on any atom is -0.461 e. The Balaban J connectivity index is 4.65. The van der Waals surface area contributed by atoms with E-state index in [0.29, 0.717) is 0 Å². The van der Waals surface area contributed by atoms with E-state index in [0.717, 1.165) is 0 Å². The number of halogens is 1. The maximum atomic E-state index is 13.4. The van der Waals surface area contributed by atoms with Crippen LogP contribution in [0.3, 0.4) is 0 Å². The first-order valence-electron chi connectivity index (χ1n) is 6.23. The topological polar surface area (TPSA) is 35.5 Å². The molecular weight excluding hydrogens is 251 g/mol. The van der Waals surface area contributed by atoms with E-state index in [1.807, 2.05) is 0 Å². The zero-order valence-electron chi connectivity index (χ0n) is 12.5. The molecule has 0 aromatic carbocycles. The van der Waals surface area contributed by atoms with Crippen LogP contribution in [0.2, 0.25) is 18.1 Å². The number of carbonyl (C=O) groups is 1. The van der Waals surface area contributed by atoms with E-state index in [2.05, 4.69) is 38.6 Å². The summed E-state index contributed by atoms with van der Waals surface area (Å²) < 4.78 is 23.9. The Morgan fingerprint density at radius 1 is 1.39 bits per heavy atom. The zero-order chi connectivity index (χ0) is 14.6. The van der Waals surface area contributed by atoms with E-state index in [-0.39, 0.29) is 11.6 Å². The molecule has 0 aliphatic carbocycles. The molecule has 3 nitrogen and oxygen atoms in total. The van der Waals surface area contributed by atoms with Crippen molar-refractivity contribution in [1.29, 1.82) is 0 Å². The quantitative estimate of drug-likeness (QED) is 0.435. The molecule has 0 N–H and O–H groups in total. The molecule has 0 aliphatic heterocycles. The molecule has 0 amide bonds. The molecule has 18 heavy (non-hydrogen) atoms. The minimum absolute atomic E-state index is 0.0511. The van der Waals surface area contributed by atoms with Gasteiger partial charge in [-0.05, 0) is 38.1 Å². The number of esters is 1. The molecule has 0 bridgehead atoms. The average Bonchev–Trinajstić information content (AvgIpc) is 2.14. The molecule has 0 radical (unpaired) electrons. The molecule has 0 saturated heterocycles. The Morgan fingerprint density at radius 2 is 1.89 bits per heavy atom. The van der Waals surface area contributed by atoms with Gasteiger partial charge in [-0.2, -0.15) is 4.39 Å². The van der Waals surface area contributed by atoms with Crippen LogP contribution >= 0.6 is 0 Å². The minimum atomic E-state index is -1.95. The van der Waals surface area contributed by atoms with E-state index < -0.39 is 26.2 Å². The second-order valence-electron chi connectivity index (χ2n) is 5.82. The summed E-state index contributed by atoms with van der Waals surface area (Å²) in [4.78, 5) is 11.1. The predicted octanol–water partition coefficient (Wildman–Crippen LogP) is 3.81. The predicted molar refractivity (Wildman–Crippen MR) is 73.6 cm³/mol. The maximum Gasteiger partial charge on any atom is 0.366 e. The summed E-state index contributed by atoms with van der Waals surface area (Å²) in [6, 6.07) is 0. The van der Waals surface area contributed by atoms with Crippen molar-refractivity contribution in [1.82, 2.24) is 0 Å². The molecule has 0 heterocycles. The largest absolute Gasteiger partial charge is 0.461 e. The number of ether oxygens (including phenoxy) is 1. The number of rotatable bonds is 5. The van der Waals surface area contributed by atoms with Crippen LogP contribution in [-0.2, 0) is 14.0 Å². The Morgan fingerprint density at radius 3 is 2.28 bits per heavy atom. The van der Waals surface area contributed by atoms with E-state index in [4.69, 9.17) is 4.43 Å². The van der Waals surface area contributed by atoms with Crippen LogP contribution in [0.15, 0.2) is 11.9 Å². The first kappa shape index (κ1) is 17.3. The lowest BCUT2D eigenvalue weighted by Crippen LogP contribution is -2.43. The summed E-state index contributed by atoms with van der Waals surface area (Å²) in [6.45, 7) is 14.0. The van der Waals surface area contributed by atoms with Crippen LogP contribution in [0.4, 0.5) is 4.39 Å². The Hall–Kier alpha value is -0.683. The normalized spacial score (nSPS) is 15.4. The second kappa shape index (κ2) is 6.47. The van der Waals surface area contributed by atoms with Crippen LogP contribution in [0.1, 0.15) is 34.6 Å². The van der Waals surface area contributed by atoms with Gasteiger partial charge in [-0.1, -0.05) is 20.8 Å². The van der Waals surface area contributed by atoms with Gasteiger partial charge >= 0.3 is 5.97 Å². The van der Waals surface area contributed by atoms with Crippen molar-refractivity contribution in [2.75, 3.05) is 6.61 Å². The highest BCUT2D eigenvalue weighted by Gasteiger charge is 2.38. The van der Waals surface area contributed by atoms with Crippen LogP contribution in [0.25, 0.3) is 0 Å². The van der Waals surface area contributed by atoms with Gasteiger partial charge in [0.05, 0.1) is 12.7 Å². The van der Waals surface area contributed by atoms with Gasteiger partial charge in [0.2, 0.25) is 5.83 Å². The molecule has 0 unspecified atom stereocenters. The molecule has 1 atom stereocenters. The molecule has 0 fully saturated rings. The fourth-order valence-electron chi connectivity index (χ4n) is 1.15. The average molecular weight is 276 g/mol. The highest BCUT2D eigenvalue weighted by atomic mass is 28.4. The first-order chi connectivity index (χ1) is 8.01. The summed E-state index contributed by atoms with van der Waals surface area (Å²) in [7, 11) is -1.95. The number of hydrogen-bond acceptors (Lipinski definition) is 3. The third kappa shape index (κ3) is 5.31. The molecule has 106 valence electrons. The van der Waals surface area contributed by atoms with Crippen molar-refractivity contribution >= 4 is 14.3 Å². The summed E-state index contributed by atoms with van der Waals surface area (Å²) in [5, 5.41) is 0.0511. The second-order valence-corrected chi connectivity index (χ2v) is 10.6. The molecule has 5 heteroatoms. The summed E-state index contributed by atoms with van der Waals surface area (Å²) in [5.41, 5.74) is 0. The highest BCUT2D eigenvalue weighted by molar-refractivity contribution is 6.74. The lowest BCUT2D eigenvalue weighted by atomic mass is 10.2. The van der Waals surface area contributed by atoms with Gasteiger partial charge < -0.3 is 9.16 Å². The fourth-order valence-corrected chi connectivity index (χ4v) is 2.50. The lowest BCUT2D eigenvalue weighted by Gasteiger charge is -2.37.